The Kier molecular flexibility index (Phi) is 5.12. The van der Waals surface area contributed by atoms with Crippen molar-refractivity contribution in [3.63, 3.8) is 0 Å². The number of para-hydroxylation sites is 1. The van der Waals surface area contributed by atoms with E-state index in [0.29, 0.717) is 11.1 Å². The van der Waals surface area contributed by atoms with Gasteiger partial charge in [-0.05, 0) is 56.3 Å². The maximum atomic E-state index is 12.2. The molecule has 0 atom stereocenters. The molecule has 0 fully saturated rings. The maximum absolute atomic E-state index is 12.2. The highest BCUT2D eigenvalue weighted by atomic mass is 16.6. The van der Waals surface area contributed by atoms with Crippen molar-refractivity contribution in [3.8, 4) is 5.69 Å². The van der Waals surface area contributed by atoms with Gasteiger partial charge in [-0.1, -0.05) is 12.1 Å². The lowest BCUT2D eigenvalue weighted by Gasteiger charge is -2.10. The second-order valence-corrected chi connectivity index (χ2v) is 6.01. The summed E-state index contributed by atoms with van der Waals surface area (Å²) in [5, 5.41) is 14.8. The highest BCUT2D eigenvalue weighted by molar-refractivity contribution is 5.95. The Labute approximate surface area is 156 Å². The standard InChI is InChI=1S/C20H18N4O3/c1-14-7-8-15(2)23(14)18-11-9-16(10-12-18)20(25)22-21-13-17-5-3-4-6-19(17)24(26)27/h3-13H,1-2H3,(H,22,25)/b21-13+. The summed E-state index contributed by atoms with van der Waals surface area (Å²) in [6.07, 6.45) is 1.26. The van der Waals surface area contributed by atoms with Crippen molar-refractivity contribution in [2.24, 2.45) is 5.10 Å². The van der Waals surface area contributed by atoms with Crippen LogP contribution >= 0.6 is 0 Å². The predicted octanol–water partition coefficient (Wildman–Crippen LogP) is 3.77. The van der Waals surface area contributed by atoms with Crippen molar-refractivity contribution in [2.45, 2.75) is 13.8 Å². The SMILES string of the molecule is Cc1ccc(C)n1-c1ccc(C(=O)N/N=C/c2ccccc2[N+](=O)[O-])cc1. The number of carbonyl (C=O) groups is 1. The summed E-state index contributed by atoms with van der Waals surface area (Å²) in [6, 6.07) is 17.4. The van der Waals surface area contributed by atoms with Gasteiger partial charge in [0.15, 0.2) is 0 Å². The minimum atomic E-state index is -0.493. The number of benzene rings is 2. The van der Waals surface area contributed by atoms with Gasteiger partial charge in [0, 0.05) is 28.7 Å². The van der Waals surface area contributed by atoms with Crippen molar-refractivity contribution in [1.29, 1.82) is 0 Å². The van der Waals surface area contributed by atoms with Crippen LogP contribution in [0.2, 0.25) is 0 Å². The summed E-state index contributed by atoms with van der Waals surface area (Å²) in [5.74, 6) is -0.391. The smallest absolute Gasteiger partial charge is 0.278 e. The van der Waals surface area contributed by atoms with E-state index in [1.807, 2.05) is 38.1 Å². The minimum Gasteiger partial charge on any atom is -0.319 e. The van der Waals surface area contributed by atoms with Gasteiger partial charge in [-0.3, -0.25) is 14.9 Å². The average molecular weight is 362 g/mol. The Morgan fingerprint density at radius 3 is 2.30 bits per heavy atom. The molecule has 0 unspecified atom stereocenters. The summed E-state index contributed by atoms with van der Waals surface area (Å²) in [4.78, 5) is 22.7. The second-order valence-electron chi connectivity index (χ2n) is 6.01. The molecule has 136 valence electrons. The number of hydrogen-bond acceptors (Lipinski definition) is 4. The number of nitro groups is 1. The first-order valence-corrected chi connectivity index (χ1v) is 8.29. The normalized spacial score (nSPS) is 10.9. The fourth-order valence-corrected chi connectivity index (χ4v) is 2.83. The van der Waals surface area contributed by atoms with Crippen LogP contribution in [-0.4, -0.2) is 21.6 Å². The van der Waals surface area contributed by atoms with Gasteiger partial charge in [-0.2, -0.15) is 5.10 Å². The zero-order valence-electron chi connectivity index (χ0n) is 14.9. The van der Waals surface area contributed by atoms with Crippen LogP contribution < -0.4 is 5.43 Å². The number of amides is 1. The van der Waals surface area contributed by atoms with E-state index in [1.54, 1.807) is 30.3 Å². The van der Waals surface area contributed by atoms with Gasteiger partial charge in [0.2, 0.25) is 0 Å². The van der Waals surface area contributed by atoms with E-state index in [2.05, 4.69) is 15.1 Å². The first kappa shape index (κ1) is 18.1. The first-order valence-electron chi connectivity index (χ1n) is 8.29. The van der Waals surface area contributed by atoms with Gasteiger partial charge in [0.1, 0.15) is 0 Å². The lowest BCUT2D eigenvalue weighted by Crippen LogP contribution is -2.17. The number of nitrogens with zero attached hydrogens (tertiary/aromatic N) is 3. The van der Waals surface area contributed by atoms with Crippen LogP contribution in [0.25, 0.3) is 5.69 Å². The molecular formula is C20H18N4O3. The van der Waals surface area contributed by atoms with E-state index >= 15 is 0 Å². The van der Waals surface area contributed by atoms with Gasteiger partial charge in [-0.15, -0.1) is 0 Å². The minimum absolute atomic E-state index is 0.0719. The Hall–Kier alpha value is -3.74. The van der Waals surface area contributed by atoms with Crippen LogP contribution in [0.15, 0.2) is 65.8 Å². The Bertz CT molecular complexity index is 1000. The molecule has 1 N–H and O–H groups in total. The highest BCUT2D eigenvalue weighted by Crippen LogP contribution is 2.17. The summed E-state index contributed by atoms with van der Waals surface area (Å²) >= 11 is 0. The topological polar surface area (TPSA) is 89.5 Å². The van der Waals surface area contributed by atoms with Crippen molar-refractivity contribution >= 4 is 17.8 Å². The van der Waals surface area contributed by atoms with Crippen LogP contribution in [0, 0.1) is 24.0 Å². The zero-order valence-corrected chi connectivity index (χ0v) is 14.9. The molecule has 7 heteroatoms. The molecule has 1 aromatic heterocycles. The second kappa shape index (κ2) is 7.65. The number of nitrogens with one attached hydrogen (secondary N) is 1. The fourth-order valence-electron chi connectivity index (χ4n) is 2.83. The molecule has 0 saturated carbocycles. The third kappa shape index (κ3) is 3.92. The molecule has 0 saturated heterocycles. The molecule has 0 aliphatic carbocycles. The number of hydrazone groups is 1. The molecular weight excluding hydrogens is 344 g/mol. The van der Waals surface area contributed by atoms with Gasteiger partial charge in [-0.25, -0.2) is 5.43 Å². The third-order valence-corrected chi connectivity index (χ3v) is 4.16. The zero-order chi connectivity index (χ0) is 19.4. The molecule has 3 aromatic rings. The van der Waals surface area contributed by atoms with Crippen LogP contribution in [0.1, 0.15) is 27.3 Å². The van der Waals surface area contributed by atoms with E-state index in [9.17, 15) is 14.9 Å². The summed E-state index contributed by atoms with van der Waals surface area (Å²) in [7, 11) is 0. The molecule has 0 bridgehead atoms. The van der Waals surface area contributed by atoms with E-state index in [1.165, 1.54) is 12.3 Å². The Balaban J connectivity index is 1.71. The molecule has 7 nitrogen and oxygen atoms in total. The first-order chi connectivity index (χ1) is 13.0. The number of carbonyl (C=O) groups excluding carboxylic acids is 1. The van der Waals surface area contributed by atoms with Crippen LogP contribution in [-0.2, 0) is 0 Å². The fraction of sp³-hybridized carbons (Fsp3) is 0.100. The van der Waals surface area contributed by atoms with Crippen molar-refractivity contribution in [2.75, 3.05) is 0 Å². The van der Waals surface area contributed by atoms with Crippen molar-refractivity contribution < 1.29 is 9.72 Å². The number of nitro benzene ring substituents is 1. The average Bonchev–Trinajstić information content (AvgIpc) is 3.00. The Morgan fingerprint density at radius 1 is 1.04 bits per heavy atom. The Morgan fingerprint density at radius 2 is 1.67 bits per heavy atom. The number of rotatable bonds is 5. The molecule has 0 spiro atoms. The van der Waals surface area contributed by atoms with E-state index in [0.717, 1.165) is 17.1 Å². The number of aryl methyl sites for hydroxylation is 2. The highest BCUT2D eigenvalue weighted by Gasteiger charge is 2.11. The van der Waals surface area contributed by atoms with Crippen LogP contribution in [0.4, 0.5) is 5.69 Å². The molecule has 0 aliphatic heterocycles. The monoisotopic (exact) mass is 362 g/mol. The molecule has 27 heavy (non-hydrogen) atoms. The molecule has 3 rings (SSSR count). The quantitative estimate of drug-likeness (QED) is 0.426. The lowest BCUT2D eigenvalue weighted by molar-refractivity contribution is -0.385. The summed E-state index contributed by atoms with van der Waals surface area (Å²) in [5.41, 5.74) is 6.27. The summed E-state index contributed by atoms with van der Waals surface area (Å²) in [6.45, 7) is 4.04. The van der Waals surface area contributed by atoms with E-state index in [4.69, 9.17) is 0 Å². The molecule has 1 amide bonds. The molecule has 0 aliphatic rings. The number of aromatic nitrogens is 1. The largest absolute Gasteiger partial charge is 0.319 e. The van der Waals surface area contributed by atoms with Gasteiger partial charge in [0.05, 0.1) is 16.7 Å². The maximum Gasteiger partial charge on any atom is 0.278 e. The van der Waals surface area contributed by atoms with Crippen LogP contribution in [0.5, 0.6) is 0 Å². The lowest BCUT2D eigenvalue weighted by atomic mass is 10.2. The number of hydrogen-bond donors (Lipinski definition) is 1. The molecule has 0 radical (unpaired) electrons. The van der Waals surface area contributed by atoms with Crippen molar-refractivity contribution in [3.05, 3.63) is 93.3 Å². The molecule has 2 aromatic carbocycles. The van der Waals surface area contributed by atoms with E-state index in [-0.39, 0.29) is 5.69 Å². The van der Waals surface area contributed by atoms with Gasteiger partial charge in [0.25, 0.3) is 11.6 Å². The molecule has 1 heterocycles. The van der Waals surface area contributed by atoms with Crippen LogP contribution in [0.3, 0.4) is 0 Å². The van der Waals surface area contributed by atoms with Gasteiger partial charge < -0.3 is 4.57 Å². The van der Waals surface area contributed by atoms with E-state index < -0.39 is 10.8 Å². The third-order valence-electron chi connectivity index (χ3n) is 4.16. The predicted molar refractivity (Wildman–Crippen MR) is 103 cm³/mol. The summed E-state index contributed by atoms with van der Waals surface area (Å²) < 4.78 is 2.09. The van der Waals surface area contributed by atoms with Crippen molar-refractivity contribution in [1.82, 2.24) is 9.99 Å². The van der Waals surface area contributed by atoms with Gasteiger partial charge >= 0.3 is 0 Å².